The van der Waals surface area contributed by atoms with Crippen LogP contribution in [0, 0.1) is 11.7 Å². The molecule has 1 fully saturated rings. The van der Waals surface area contributed by atoms with Crippen molar-refractivity contribution in [2.45, 2.75) is 44.6 Å². The van der Waals surface area contributed by atoms with Crippen LogP contribution in [0.15, 0.2) is 22.7 Å². The molecule has 1 saturated carbocycles. The first-order valence-corrected chi connectivity index (χ1v) is 7.18. The summed E-state index contributed by atoms with van der Waals surface area (Å²) in [5.41, 5.74) is 6.90. The van der Waals surface area contributed by atoms with Gasteiger partial charge in [-0.3, -0.25) is 0 Å². The Balaban J connectivity index is 2.14. The van der Waals surface area contributed by atoms with E-state index in [0.29, 0.717) is 11.5 Å². The molecule has 1 atom stereocenters. The first kappa shape index (κ1) is 13.0. The van der Waals surface area contributed by atoms with Gasteiger partial charge in [0.1, 0.15) is 5.82 Å². The van der Waals surface area contributed by atoms with Crippen LogP contribution in [0.1, 0.15) is 50.1 Å². The fourth-order valence-electron chi connectivity index (χ4n) is 2.70. The van der Waals surface area contributed by atoms with E-state index in [2.05, 4.69) is 15.9 Å². The molecule has 0 heterocycles. The van der Waals surface area contributed by atoms with E-state index in [1.807, 2.05) is 12.1 Å². The maximum atomic E-state index is 13.8. The topological polar surface area (TPSA) is 26.0 Å². The quantitative estimate of drug-likeness (QED) is 0.796. The molecule has 3 heteroatoms. The molecule has 1 aromatic rings. The number of hydrogen-bond acceptors (Lipinski definition) is 1. The number of rotatable bonds is 2. The van der Waals surface area contributed by atoms with Gasteiger partial charge in [-0.1, -0.05) is 47.7 Å². The molecule has 1 aromatic carbocycles. The summed E-state index contributed by atoms with van der Waals surface area (Å²) in [6, 6.07) is 5.04. The molecule has 2 N–H and O–H groups in total. The van der Waals surface area contributed by atoms with Crippen LogP contribution in [0.25, 0.3) is 0 Å². The number of benzene rings is 1. The summed E-state index contributed by atoms with van der Waals surface area (Å²) < 4.78 is 14.6. The van der Waals surface area contributed by atoms with E-state index in [1.165, 1.54) is 31.7 Å². The highest BCUT2D eigenvalue weighted by molar-refractivity contribution is 9.10. The lowest BCUT2D eigenvalue weighted by molar-refractivity contribution is 0.373. The Morgan fingerprint density at radius 1 is 1.18 bits per heavy atom. The summed E-state index contributed by atoms with van der Waals surface area (Å²) in [7, 11) is 0. The molecular weight excluding hydrogens is 281 g/mol. The van der Waals surface area contributed by atoms with Crippen molar-refractivity contribution in [1.82, 2.24) is 0 Å². The molecule has 0 spiro atoms. The zero-order valence-electron chi connectivity index (χ0n) is 9.96. The summed E-state index contributed by atoms with van der Waals surface area (Å²) in [5.74, 6) is 0.254. The lowest BCUT2D eigenvalue weighted by Gasteiger charge is -2.23. The lowest BCUT2D eigenvalue weighted by Crippen LogP contribution is -2.22. The van der Waals surface area contributed by atoms with E-state index >= 15 is 0 Å². The highest BCUT2D eigenvalue weighted by Crippen LogP contribution is 2.33. The predicted molar refractivity (Wildman–Crippen MR) is 72.2 cm³/mol. The molecule has 94 valence electrons. The second-order valence-electron chi connectivity index (χ2n) is 4.94. The van der Waals surface area contributed by atoms with Gasteiger partial charge >= 0.3 is 0 Å². The van der Waals surface area contributed by atoms with Crippen molar-refractivity contribution in [1.29, 1.82) is 0 Å². The van der Waals surface area contributed by atoms with Gasteiger partial charge in [-0.2, -0.15) is 0 Å². The molecule has 0 bridgehead atoms. The molecule has 1 nitrogen and oxygen atoms in total. The van der Waals surface area contributed by atoms with Gasteiger partial charge in [-0.15, -0.1) is 0 Å². The Morgan fingerprint density at radius 2 is 1.82 bits per heavy atom. The number of hydrogen-bond donors (Lipinski definition) is 1. The van der Waals surface area contributed by atoms with Crippen LogP contribution in [0.4, 0.5) is 4.39 Å². The minimum atomic E-state index is -0.184. The second-order valence-corrected chi connectivity index (χ2v) is 5.86. The van der Waals surface area contributed by atoms with E-state index in [1.54, 1.807) is 0 Å². The third-order valence-electron chi connectivity index (χ3n) is 3.73. The molecule has 2 rings (SSSR count). The third-order valence-corrected chi connectivity index (χ3v) is 4.22. The first-order chi connectivity index (χ1) is 8.18. The fourth-order valence-corrected chi connectivity index (χ4v) is 3.03. The molecule has 1 unspecified atom stereocenters. The highest BCUT2D eigenvalue weighted by Gasteiger charge is 2.23. The van der Waals surface area contributed by atoms with Gasteiger partial charge < -0.3 is 5.73 Å². The number of nitrogens with two attached hydrogens (primary N) is 1. The van der Waals surface area contributed by atoms with Crippen LogP contribution in [0.2, 0.25) is 0 Å². The summed E-state index contributed by atoms with van der Waals surface area (Å²) in [4.78, 5) is 0. The highest BCUT2D eigenvalue weighted by atomic mass is 79.9. The first-order valence-electron chi connectivity index (χ1n) is 6.39. The van der Waals surface area contributed by atoms with Crippen LogP contribution in [0.5, 0.6) is 0 Å². The van der Waals surface area contributed by atoms with Crippen LogP contribution < -0.4 is 5.73 Å². The SMILES string of the molecule is NC(c1ccc(Br)cc1F)C1CCCCCC1. The Hall–Kier alpha value is -0.410. The van der Waals surface area contributed by atoms with E-state index in [0.717, 1.165) is 17.3 Å². The van der Waals surface area contributed by atoms with Gasteiger partial charge in [-0.05, 0) is 30.9 Å². The standard InChI is InChI=1S/C14H19BrFN/c15-11-7-8-12(13(16)9-11)14(17)10-5-3-1-2-4-6-10/h7-10,14H,1-6,17H2. The molecule has 0 aromatic heterocycles. The molecule has 1 aliphatic carbocycles. The van der Waals surface area contributed by atoms with Crippen molar-refractivity contribution in [3.63, 3.8) is 0 Å². The van der Waals surface area contributed by atoms with Crippen LogP contribution in [0.3, 0.4) is 0 Å². The van der Waals surface area contributed by atoms with Crippen LogP contribution >= 0.6 is 15.9 Å². The monoisotopic (exact) mass is 299 g/mol. The van der Waals surface area contributed by atoms with E-state index < -0.39 is 0 Å². The minimum Gasteiger partial charge on any atom is -0.324 e. The van der Waals surface area contributed by atoms with Crippen LogP contribution in [-0.4, -0.2) is 0 Å². The largest absolute Gasteiger partial charge is 0.324 e. The normalized spacial score (nSPS) is 19.9. The molecule has 0 amide bonds. The maximum absolute atomic E-state index is 13.8. The van der Waals surface area contributed by atoms with Gasteiger partial charge in [0.2, 0.25) is 0 Å². The molecule has 1 aliphatic rings. The Labute approximate surface area is 111 Å². The summed E-state index contributed by atoms with van der Waals surface area (Å²) >= 11 is 3.27. The minimum absolute atomic E-state index is 0.152. The fraction of sp³-hybridized carbons (Fsp3) is 0.571. The molecule has 0 radical (unpaired) electrons. The molecular formula is C14H19BrFN. The smallest absolute Gasteiger partial charge is 0.129 e. The zero-order valence-corrected chi connectivity index (χ0v) is 11.5. The van der Waals surface area contributed by atoms with Gasteiger partial charge in [0.15, 0.2) is 0 Å². The Morgan fingerprint density at radius 3 is 2.41 bits per heavy atom. The van der Waals surface area contributed by atoms with Gasteiger partial charge in [0.25, 0.3) is 0 Å². The molecule has 0 aliphatic heterocycles. The summed E-state index contributed by atoms with van der Waals surface area (Å²) in [6.45, 7) is 0. The molecule has 0 saturated heterocycles. The maximum Gasteiger partial charge on any atom is 0.129 e. The van der Waals surface area contributed by atoms with Crippen molar-refractivity contribution >= 4 is 15.9 Å². The second kappa shape index (κ2) is 5.96. The van der Waals surface area contributed by atoms with Crippen molar-refractivity contribution in [3.05, 3.63) is 34.1 Å². The van der Waals surface area contributed by atoms with Gasteiger partial charge in [0.05, 0.1) is 0 Å². The number of halogens is 2. The molecule has 17 heavy (non-hydrogen) atoms. The average Bonchev–Trinajstić information content (AvgIpc) is 2.56. The van der Waals surface area contributed by atoms with E-state index in [4.69, 9.17) is 5.73 Å². The van der Waals surface area contributed by atoms with Gasteiger partial charge in [-0.25, -0.2) is 4.39 Å². The zero-order chi connectivity index (χ0) is 12.3. The third kappa shape index (κ3) is 3.29. The average molecular weight is 300 g/mol. The van der Waals surface area contributed by atoms with Crippen molar-refractivity contribution < 1.29 is 4.39 Å². The van der Waals surface area contributed by atoms with Crippen molar-refractivity contribution in [2.75, 3.05) is 0 Å². The van der Waals surface area contributed by atoms with E-state index in [-0.39, 0.29) is 11.9 Å². The lowest BCUT2D eigenvalue weighted by atomic mass is 9.87. The van der Waals surface area contributed by atoms with Crippen molar-refractivity contribution in [3.8, 4) is 0 Å². The summed E-state index contributed by atoms with van der Waals surface area (Å²) in [5, 5.41) is 0. The Bertz CT molecular complexity index is 372. The van der Waals surface area contributed by atoms with E-state index in [9.17, 15) is 4.39 Å². The van der Waals surface area contributed by atoms with Crippen molar-refractivity contribution in [2.24, 2.45) is 11.7 Å². The summed E-state index contributed by atoms with van der Waals surface area (Å²) in [6.07, 6.45) is 7.33. The van der Waals surface area contributed by atoms with Crippen LogP contribution in [-0.2, 0) is 0 Å². The Kier molecular flexibility index (Phi) is 4.57. The van der Waals surface area contributed by atoms with Gasteiger partial charge in [0, 0.05) is 16.1 Å². The predicted octanol–water partition coefficient (Wildman–Crippen LogP) is 4.56.